The van der Waals surface area contributed by atoms with Crippen molar-refractivity contribution in [3.8, 4) is 33.4 Å². The first-order valence-corrected chi connectivity index (χ1v) is 33.6. The fraction of sp³-hybridized carbons (Fsp3) is 0.221. The van der Waals surface area contributed by atoms with Gasteiger partial charge in [0, 0.05) is 0 Å². The third-order valence-electron chi connectivity index (χ3n) is 22.4. The third-order valence-corrected chi connectivity index (χ3v) is 34.6. The number of fused-ring (bicyclic) bond motifs is 9. The second-order valence-corrected chi connectivity index (χ2v) is 33.8. The van der Waals surface area contributed by atoms with E-state index in [1.807, 2.05) is 0 Å². The van der Waals surface area contributed by atoms with Crippen LogP contribution in [0.15, 0.2) is 255 Å². The van der Waals surface area contributed by atoms with Gasteiger partial charge in [-0.25, -0.2) is 0 Å². The molecule has 0 spiro atoms. The van der Waals surface area contributed by atoms with Gasteiger partial charge in [-0.2, -0.15) is 0 Å². The average Bonchev–Trinajstić information content (AvgIpc) is 2.09. The minimum Gasteiger partial charge on any atom is -0.0624 e. The molecule has 5 aliphatic rings. The molecule has 0 nitrogen and oxygen atoms in total. The monoisotopic (exact) mass is 1050 g/mol. The van der Waals surface area contributed by atoms with Gasteiger partial charge in [0.15, 0.2) is 16.1 Å². The highest BCUT2D eigenvalue weighted by molar-refractivity contribution is 7.15. The maximum Gasteiger partial charge on any atom is 0.155 e. The zero-order chi connectivity index (χ0) is 53.2. The van der Waals surface area contributed by atoms with Crippen LogP contribution in [0, 0.1) is 0 Å². The van der Waals surface area contributed by atoms with Gasteiger partial charge in [0.2, 0.25) is 0 Å². The summed E-state index contributed by atoms with van der Waals surface area (Å²) in [6.07, 6.45) is 10.0. The smallest absolute Gasteiger partial charge is 0.0624 e. The molecule has 0 amide bonds. The van der Waals surface area contributed by atoms with Crippen LogP contribution >= 0.6 is 0 Å². The van der Waals surface area contributed by atoms with Crippen LogP contribution in [-0.4, -0.2) is 16.1 Å². The predicted molar refractivity (Wildman–Crippen MR) is 338 cm³/mol. The lowest BCUT2D eigenvalue weighted by atomic mass is 9.64. The van der Waals surface area contributed by atoms with Gasteiger partial charge in [0.05, 0.1) is 5.41 Å². The number of hydrogen-bond donors (Lipinski definition) is 0. The molecule has 0 radical (unpaired) electrons. The summed E-state index contributed by atoms with van der Waals surface area (Å²) in [4.78, 5) is 0. The molecule has 0 N–H and O–H groups in total. The van der Waals surface area contributed by atoms with Gasteiger partial charge >= 0.3 is 0 Å². The van der Waals surface area contributed by atoms with Crippen molar-refractivity contribution in [3.05, 3.63) is 288 Å². The molecular formula is C77H70Si2. The Kier molecular flexibility index (Phi) is 11.0. The molecule has 79 heavy (non-hydrogen) atoms. The van der Waals surface area contributed by atoms with Crippen molar-refractivity contribution in [2.75, 3.05) is 0 Å². The van der Waals surface area contributed by atoms with E-state index in [1.165, 1.54) is 107 Å². The summed E-state index contributed by atoms with van der Waals surface area (Å²) in [5, 5.41) is 9.64. The van der Waals surface area contributed by atoms with Gasteiger partial charge in [0.1, 0.15) is 0 Å². The Balaban J connectivity index is 0.941. The summed E-state index contributed by atoms with van der Waals surface area (Å²) >= 11 is 0. The summed E-state index contributed by atoms with van der Waals surface area (Å²) in [6.45, 7) is 10.7. The van der Waals surface area contributed by atoms with E-state index in [0.717, 1.165) is 0 Å². The maximum absolute atomic E-state index is 2.70. The molecular weight excluding hydrogens is 981 g/mol. The normalized spacial score (nSPS) is 24.3. The molecule has 2 heterocycles. The molecule has 4 atom stereocenters. The second-order valence-electron chi connectivity index (χ2n) is 25.2. The van der Waals surface area contributed by atoms with E-state index in [2.05, 4.69) is 282 Å². The summed E-state index contributed by atoms with van der Waals surface area (Å²) in [6, 6.07) is 100. The van der Waals surface area contributed by atoms with Gasteiger partial charge in [-0.1, -0.05) is 296 Å². The first-order chi connectivity index (χ1) is 38.6. The summed E-state index contributed by atoms with van der Waals surface area (Å²) < 4.78 is 0. The molecule has 4 unspecified atom stereocenters. The topological polar surface area (TPSA) is 0 Å². The largest absolute Gasteiger partial charge is 0.155 e. The predicted octanol–water partition coefficient (Wildman–Crippen LogP) is 15.5. The van der Waals surface area contributed by atoms with Crippen molar-refractivity contribution in [1.29, 1.82) is 0 Å². The minimum absolute atomic E-state index is 0.0365. The molecule has 2 saturated carbocycles. The Hall–Kier alpha value is -7.37. The second kappa shape index (κ2) is 17.8. The first-order valence-electron chi connectivity index (χ1n) is 29.6. The lowest BCUT2D eigenvalue weighted by molar-refractivity contribution is 0.241. The van der Waals surface area contributed by atoms with Gasteiger partial charge in [-0.3, -0.25) is 0 Å². The van der Waals surface area contributed by atoms with Crippen molar-refractivity contribution < 1.29 is 0 Å². The molecule has 15 rings (SSSR count). The van der Waals surface area contributed by atoms with Crippen molar-refractivity contribution in [3.63, 3.8) is 0 Å². The maximum atomic E-state index is 2.70. The highest BCUT2D eigenvalue weighted by Crippen LogP contribution is 2.67. The van der Waals surface area contributed by atoms with E-state index in [0.29, 0.717) is 0 Å². The number of benzene rings is 10. The summed E-state index contributed by atoms with van der Waals surface area (Å²) in [7, 11) is -5.10. The van der Waals surface area contributed by atoms with Gasteiger partial charge in [-0.15, -0.1) is 0 Å². The fourth-order valence-corrected chi connectivity index (χ4v) is 32.4. The molecule has 0 bridgehead atoms. The quantitative estimate of drug-likeness (QED) is 0.133. The molecule has 10 aromatic carbocycles. The van der Waals surface area contributed by atoms with Crippen molar-refractivity contribution in [2.45, 2.75) is 105 Å². The van der Waals surface area contributed by atoms with E-state index in [-0.39, 0.29) is 20.9 Å². The van der Waals surface area contributed by atoms with Crippen LogP contribution in [0.4, 0.5) is 0 Å². The van der Waals surface area contributed by atoms with E-state index in [9.17, 15) is 0 Å². The van der Waals surface area contributed by atoms with E-state index in [4.69, 9.17) is 0 Å². The summed E-state index contributed by atoms with van der Waals surface area (Å²) in [5.74, 6) is 0. The molecule has 2 heteroatoms. The van der Waals surface area contributed by atoms with Crippen LogP contribution in [0.3, 0.4) is 0 Å². The highest BCUT2D eigenvalue weighted by atomic mass is 28.3. The van der Waals surface area contributed by atoms with Gasteiger partial charge in [-0.05, 0) is 157 Å². The number of hydrogen-bond acceptors (Lipinski definition) is 0. The summed E-state index contributed by atoms with van der Waals surface area (Å²) in [5.41, 5.74) is 16.0. The lowest BCUT2D eigenvalue weighted by Crippen LogP contribution is -2.72. The van der Waals surface area contributed by atoms with Crippen LogP contribution in [0.1, 0.15) is 112 Å². The molecule has 10 aromatic rings. The Morgan fingerprint density at radius 3 is 0.911 bits per heavy atom. The zero-order valence-corrected chi connectivity index (χ0v) is 48.4. The Labute approximate surface area is 471 Å². The molecule has 0 aromatic heterocycles. The standard InChI is InChI=1S/C77H70Si2/c1-73-47-23-25-49-75(73,3)78(61-31-15-7-16-32-61,62-33-17-8-18-34-62)71-45-41-57(53-69(71)73)55-39-43-67-65(51-55)66-52-56(40-44-68(66)77(67,59-27-11-5-12-28-59)60-29-13-6-14-30-60)58-42-46-72-70(54-58)74(2)48-24-26-50-76(74,4)79(72,63-35-19-9-20-36-63)64-37-21-10-22-38-64/h5-22,27-46,51-54H,23-26,47-50H2,1-4H3. The van der Waals surface area contributed by atoms with Gasteiger partial charge in [0.25, 0.3) is 0 Å². The molecule has 0 saturated heterocycles. The molecule has 3 aliphatic carbocycles. The van der Waals surface area contributed by atoms with Crippen LogP contribution in [0.2, 0.25) is 10.1 Å². The molecule has 2 aliphatic heterocycles. The van der Waals surface area contributed by atoms with Crippen molar-refractivity contribution in [2.24, 2.45) is 0 Å². The van der Waals surface area contributed by atoms with Gasteiger partial charge < -0.3 is 0 Å². The Morgan fingerprint density at radius 2 is 0.570 bits per heavy atom. The van der Waals surface area contributed by atoms with Crippen LogP contribution in [-0.2, 0) is 16.2 Å². The zero-order valence-electron chi connectivity index (χ0n) is 46.4. The Morgan fingerprint density at radius 1 is 0.278 bits per heavy atom. The number of rotatable bonds is 8. The van der Waals surface area contributed by atoms with Crippen LogP contribution < -0.4 is 31.1 Å². The van der Waals surface area contributed by atoms with Crippen molar-refractivity contribution >= 4 is 47.3 Å². The van der Waals surface area contributed by atoms with Crippen LogP contribution in [0.5, 0.6) is 0 Å². The van der Waals surface area contributed by atoms with E-state index >= 15 is 0 Å². The average molecular weight is 1050 g/mol. The molecule has 2 fully saturated rings. The SMILES string of the molecule is CC12CCCCC1(C)[Si](c1ccccc1)(c1ccccc1)c1ccc(-c3ccc4c(c3)-c3cc(-c5ccc6c(c5)C5(C)CCCCC5(C)[Si]6(c5ccccc5)c5ccccc5)ccc3C4(c3ccccc3)c3ccccc3)cc12. The third kappa shape index (κ3) is 6.26. The van der Waals surface area contributed by atoms with Crippen molar-refractivity contribution in [1.82, 2.24) is 0 Å². The van der Waals surface area contributed by atoms with E-state index in [1.54, 1.807) is 42.2 Å². The fourth-order valence-electron chi connectivity index (χ4n) is 18.5. The first kappa shape index (κ1) is 48.7. The Bertz CT molecular complexity index is 3620. The highest BCUT2D eigenvalue weighted by Gasteiger charge is 2.70. The minimum atomic E-state index is -2.55. The lowest BCUT2D eigenvalue weighted by Gasteiger charge is -2.54. The van der Waals surface area contributed by atoms with E-state index < -0.39 is 21.6 Å². The van der Waals surface area contributed by atoms with Crippen LogP contribution in [0.25, 0.3) is 33.4 Å². The molecule has 386 valence electrons.